The average molecular weight is 253 g/mol. The summed E-state index contributed by atoms with van der Waals surface area (Å²) in [6.45, 7) is 0. The molecule has 1 aliphatic rings. The van der Waals surface area contributed by atoms with Crippen LogP contribution in [0.25, 0.3) is 0 Å². The summed E-state index contributed by atoms with van der Waals surface area (Å²) >= 11 is 0. The number of methoxy groups -OCH3 is 3. The molecular formula is C13H19NO4. The highest BCUT2D eigenvalue weighted by Crippen LogP contribution is 2.40. The minimum Gasteiger partial charge on any atom is -0.493 e. The summed E-state index contributed by atoms with van der Waals surface area (Å²) in [6.07, 6.45) is 0.620. The number of ether oxygens (including phenoxy) is 4. The van der Waals surface area contributed by atoms with E-state index in [1.165, 1.54) is 0 Å². The van der Waals surface area contributed by atoms with Gasteiger partial charge in [0, 0.05) is 19.6 Å². The van der Waals surface area contributed by atoms with Gasteiger partial charge in [0.15, 0.2) is 11.5 Å². The number of hydrogen-bond acceptors (Lipinski definition) is 5. The molecule has 0 aromatic heterocycles. The Hall–Kier alpha value is -1.46. The molecule has 5 heteroatoms. The smallest absolute Gasteiger partial charge is 0.203 e. The molecular weight excluding hydrogens is 234 g/mol. The molecule has 0 amide bonds. The van der Waals surface area contributed by atoms with Crippen LogP contribution in [0, 0.1) is 0 Å². The van der Waals surface area contributed by atoms with Crippen molar-refractivity contribution in [1.29, 1.82) is 0 Å². The topological polar surface area (TPSA) is 62.9 Å². The quantitative estimate of drug-likeness (QED) is 0.854. The summed E-state index contributed by atoms with van der Waals surface area (Å²) in [4.78, 5) is 0. The summed E-state index contributed by atoms with van der Waals surface area (Å²) in [5.41, 5.74) is 5.85. The van der Waals surface area contributed by atoms with E-state index in [-0.39, 0.29) is 18.2 Å². The van der Waals surface area contributed by atoms with Crippen LogP contribution in [0.2, 0.25) is 0 Å². The Labute approximate surface area is 107 Å². The molecule has 1 aromatic carbocycles. The first-order chi connectivity index (χ1) is 8.71. The van der Waals surface area contributed by atoms with Gasteiger partial charge in [-0.05, 0) is 12.1 Å². The van der Waals surface area contributed by atoms with E-state index in [0.29, 0.717) is 17.2 Å². The van der Waals surface area contributed by atoms with Crippen LogP contribution in [0.5, 0.6) is 17.2 Å². The van der Waals surface area contributed by atoms with E-state index in [2.05, 4.69) is 0 Å². The van der Waals surface area contributed by atoms with E-state index < -0.39 is 0 Å². The highest BCUT2D eigenvalue weighted by atomic mass is 16.6. The van der Waals surface area contributed by atoms with E-state index in [9.17, 15) is 0 Å². The standard InChI is InChI=1S/C13H19NO4/c1-15-9-5-4-6-10(16-2)13(9)18-11-7-8(14)12(11)17-3/h4-6,8,11-12H,7,14H2,1-3H3. The number of rotatable bonds is 5. The van der Waals surface area contributed by atoms with E-state index in [1.807, 2.05) is 18.2 Å². The molecule has 2 N–H and O–H groups in total. The molecule has 0 radical (unpaired) electrons. The zero-order chi connectivity index (χ0) is 13.1. The van der Waals surface area contributed by atoms with Crippen molar-refractivity contribution in [1.82, 2.24) is 0 Å². The number of para-hydroxylation sites is 1. The first-order valence-corrected chi connectivity index (χ1v) is 5.87. The lowest BCUT2D eigenvalue weighted by molar-refractivity contribution is -0.0794. The van der Waals surface area contributed by atoms with Crippen molar-refractivity contribution in [3.05, 3.63) is 18.2 Å². The lowest BCUT2D eigenvalue weighted by Crippen LogP contribution is -2.59. The molecule has 3 unspecified atom stereocenters. The van der Waals surface area contributed by atoms with Crippen LogP contribution < -0.4 is 19.9 Å². The Morgan fingerprint density at radius 1 is 1.11 bits per heavy atom. The molecule has 0 aliphatic heterocycles. The molecule has 0 heterocycles. The van der Waals surface area contributed by atoms with Gasteiger partial charge in [0.1, 0.15) is 12.2 Å². The Morgan fingerprint density at radius 2 is 1.72 bits per heavy atom. The third kappa shape index (κ3) is 2.23. The van der Waals surface area contributed by atoms with Crippen molar-refractivity contribution in [2.45, 2.75) is 24.7 Å². The predicted molar refractivity (Wildman–Crippen MR) is 67.4 cm³/mol. The molecule has 18 heavy (non-hydrogen) atoms. The molecule has 0 saturated heterocycles. The Morgan fingerprint density at radius 3 is 2.17 bits per heavy atom. The summed E-state index contributed by atoms with van der Waals surface area (Å²) < 4.78 is 21.8. The molecule has 0 spiro atoms. The van der Waals surface area contributed by atoms with E-state index >= 15 is 0 Å². The van der Waals surface area contributed by atoms with Gasteiger partial charge in [0.05, 0.1) is 14.2 Å². The minimum absolute atomic E-state index is 0.0284. The van der Waals surface area contributed by atoms with Crippen molar-refractivity contribution in [3.8, 4) is 17.2 Å². The normalized spacial score (nSPS) is 26.3. The molecule has 1 aromatic rings. The second-order valence-electron chi connectivity index (χ2n) is 4.25. The first kappa shape index (κ1) is 13.0. The van der Waals surface area contributed by atoms with Crippen molar-refractivity contribution >= 4 is 0 Å². The second kappa shape index (κ2) is 5.46. The van der Waals surface area contributed by atoms with Crippen molar-refractivity contribution in [3.63, 3.8) is 0 Å². The zero-order valence-electron chi connectivity index (χ0n) is 10.9. The third-order valence-corrected chi connectivity index (χ3v) is 3.22. The van der Waals surface area contributed by atoms with Gasteiger partial charge in [-0.15, -0.1) is 0 Å². The molecule has 1 saturated carbocycles. The maximum Gasteiger partial charge on any atom is 0.203 e. The molecule has 100 valence electrons. The van der Waals surface area contributed by atoms with Crippen LogP contribution >= 0.6 is 0 Å². The van der Waals surface area contributed by atoms with Crippen molar-refractivity contribution in [2.24, 2.45) is 5.73 Å². The highest BCUT2D eigenvalue weighted by Gasteiger charge is 2.41. The Balaban J connectivity index is 2.18. The SMILES string of the molecule is COc1cccc(OC)c1OC1CC(N)C1OC. The fourth-order valence-electron chi connectivity index (χ4n) is 2.14. The van der Waals surface area contributed by atoms with Crippen LogP contribution in [0.1, 0.15) is 6.42 Å². The maximum absolute atomic E-state index is 5.91. The van der Waals surface area contributed by atoms with Gasteiger partial charge in [-0.25, -0.2) is 0 Å². The summed E-state index contributed by atoms with van der Waals surface area (Å²) in [5.74, 6) is 1.88. The second-order valence-corrected chi connectivity index (χ2v) is 4.25. The molecule has 0 bridgehead atoms. The Kier molecular flexibility index (Phi) is 3.93. The fourth-order valence-corrected chi connectivity index (χ4v) is 2.14. The summed E-state index contributed by atoms with van der Waals surface area (Å²) in [7, 11) is 4.84. The molecule has 1 aliphatic carbocycles. The Bertz CT molecular complexity index is 388. The van der Waals surface area contributed by atoms with Crippen LogP contribution in [-0.4, -0.2) is 39.6 Å². The molecule has 5 nitrogen and oxygen atoms in total. The van der Waals surface area contributed by atoms with Gasteiger partial charge < -0.3 is 24.7 Å². The van der Waals surface area contributed by atoms with Gasteiger partial charge in [-0.3, -0.25) is 0 Å². The van der Waals surface area contributed by atoms with Crippen LogP contribution in [0.4, 0.5) is 0 Å². The van der Waals surface area contributed by atoms with E-state index in [4.69, 9.17) is 24.7 Å². The lowest BCUT2D eigenvalue weighted by Gasteiger charge is -2.41. The van der Waals surface area contributed by atoms with Crippen LogP contribution in [0.15, 0.2) is 18.2 Å². The van der Waals surface area contributed by atoms with Gasteiger partial charge >= 0.3 is 0 Å². The van der Waals surface area contributed by atoms with E-state index in [0.717, 1.165) is 6.42 Å². The molecule has 3 atom stereocenters. The largest absolute Gasteiger partial charge is 0.493 e. The highest BCUT2D eigenvalue weighted by molar-refractivity contribution is 5.51. The lowest BCUT2D eigenvalue weighted by atomic mass is 9.86. The van der Waals surface area contributed by atoms with Gasteiger partial charge in [-0.2, -0.15) is 0 Å². The number of nitrogens with two attached hydrogens (primary N) is 1. The van der Waals surface area contributed by atoms with Crippen molar-refractivity contribution in [2.75, 3.05) is 21.3 Å². The fraction of sp³-hybridized carbons (Fsp3) is 0.538. The van der Waals surface area contributed by atoms with E-state index in [1.54, 1.807) is 21.3 Å². The maximum atomic E-state index is 5.91. The van der Waals surface area contributed by atoms with Crippen molar-refractivity contribution < 1.29 is 18.9 Å². The zero-order valence-corrected chi connectivity index (χ0v) is 10.9. The average Bonchev–Trinajstić information content (AvgIpc) is 2.38. The summed E-state index contributed by atoms with van der Waals surface area (Å²) in [5, 5.41) is 0. The third-order valence-electron chi connectivity index (χ3n) is 3.22. The molecule has 2 rings (SSSR count). The van der Waals surface area contributed by atoms with Gasteiger partial charge in [0.2, 0.25) is 5.75 Å². The summed E-state index contributed by atoms with van der Waals surface area (Å²) in [6, 6.07) is 5.54. The van der Waals surface area contributed by atoms with Crippen LogP contribution in [-0.2, 0) is 4.74 Å². The molecule has 1 fully saturated rings. The number of hydrogen-bond donors (Lipinski definition) is 1. The minimum atomic E-state index is -0.0837. The predicted octanol–water partition coefficient (Wildman–Crippen LogP) is 1.20. The van der Waals surface area contributed by atoms with Gasteiger partial charge in [-0.1, -0.05) is 6.07 Å². The van der Waals surface area contributed by atoms with Crippen LogP contribution in [0.3, 0.4) is 0 Å². The monoisotopic (exact) mass is 253 g/mol. The number of benzene rings is 1. The first-order valence-electron chi connectivity index (χ1n) is 5.87. The van der Waals surface area contributed by atoms with Gasteiger partial charge in [0.25, 0.3) is 0 Å².